The van der Waals surface area contributed by atoms with Gasteiger partial charge >= 0.3 is 5.97 Å². The molecule has 0 spiro atoms. The Hall–Kier alpha value is -3.29. The van der Waals surface area contributed by atoms with E-state index in [4.69, 9.17) is 4.74 Å². The number of allylic oxidation sites excluding steroid dienone is 1. The molecule has 3 rings (SSSR count). The van der Waals surface area contributed by atoms with Gasteiger partial charge in [-0.25, -0.2) is 14.8 Å². The summed E-state index contributed by atoms with van der Waals surface area (Å²) in [6.07, 6.45) is 2.35. The van der Waals surface area contributed by atoms with Crippen LogP contribution in [0.5, 0.6) is 0 Å². The second-order valence-electron chi connectivity index (χ2n) is 6.90. The molecule has 1 aromatic carbocycles. The molecule has 0 unspecified atom stereocenters. The molecule has 1 fully saturated rings. The Morgan fingerprint density at radius 1 is 1.36 bits per heavy atom. The quantitative estimate of drug-likeness (QED) is 0.320. The van der Waals surface area contributed by atoms with Crippen LogP contribution in [-0.4, -0.2) is 28.0 Å². The number of ether oxygens (including phenoxy) is 1. The first-order valence-corrected chi connectivity index (χ1v) is 9.00. The van der Waals surface area contributed by atoms with Gasteiger partial charge in [0.1, 0.15) is 11.6 Å². The minimum absolute atomic E-state index is 0.0288. The number of nitro benzene ring substituents is 1. The summed E-state index contributed by atoms with van der Waals surface area (Å²) in [6, 6.07) is 6.52. The third-order valence-corrected chi connectivity index (χ3v) is 4.46. The molecule has 0 saturated heterocycles. The topological polar surface area (TPSA) is 107 Å². The number of hydrogen-bond donors (Lipinski definition) is 1. The van der Waals surface area contributed by atoms with Gasteiger partial charge in [0, 0.05) is 29.7 Å². The summed E-state index contributed by atoms with van der Waals surface area (Å²) in [7, 11) is 1.31. The number of para-hydroxylation sites is 1. The number of methoxy groups -OCH3 is 1. The molecule has 2 aromatic rings. The van der Waals surface area contributed by atoms with E-state index in [1.165, 1.54) is 13.2 Å². The van der Waals surface area contributed by atoms with Crippen molar-refractivity contribution >= 4 is 17.5 Å². The Balaban J connectivity index is 2.00. The SMILES string of the molecule is C=C(C)Cc1c(NCc2ccccc2[N+](=O)[O-])nc(C2CC2)nc1C(=O)OC. The summed E-state index contributed by atoms with van der Waals surface area (Å²) in [5, 5.41) is 14.4. The van der Waals surface area contributed by atoms with Crippen molar-refractivity contribution in [2.24, 2.45) is 0 Å². The van der Waals surface area contributed by atoms with Gasteiger partial charge in [-0.05, 0) is 26.2 Å². The van der Waals surface area contributed by atoms with Gasteiger partial charge in [0.2, 0.25) is 0 Å². The molecule has 0 aliphatic heterocycles. The molecule has 28 heavy (non-hydrogen) atoms. The molecule has 8 nitrogen and oxygen atoms in total. The first kappa shape index (κ1) is 19.5. The van der Waals surface area contributed by atoms with Gasteiger partial charge in [-0.15, -0.1) is 0 Å². The Kier molecular flexibility index (Phi) is 5.67. The van der Waals surface area contributed by atoms with Gasteiger partial charge in [0.25, 0.3) is 5.69 Å². The number of benzene rings is 1. The molecule has 1 saturated carbocycles. The number of hydrogen-bond acceptors (Lipinski definition) is 7. The van der Waals surface area contributed by atoms with E-state index in [2.05, 4.69) is 21.9 Å². The molecule has 0 bridgehead atoms. The molecule has 1 aromatic heterocycles. The molecule has 1 aliphatic carbocycles. The first-order chi connectivity index (χ1) is 13.4. The number of carbonyl (C=O) groups excluding carboxylic acids is 1. The van der Waals surface area contributed by atoms with E-state index < -0.39 is 10.9 Å². The predicted molar refractivity (Wildman–Crippen MR) is 104 cm³/mol. The largest absolute Gasteiger partial charge is 0.464 e. The zero-order valence-corrected chi connectivity index (χ0v) is 15.9. The normalized spacial score (nSPS) is 13.1. The zero-order chi connectivity index (χ0) is 20.3. The second kappa shape index (κ2) is 8.16. The number of esters is 1. The Bertz CT molecular complexity index is 938. The summed E-state index contributed by atoms with van der Waals surface area (Å²) in [5.41, 5.74) is 2.19. The average molecular weight is 382 g/mol. The van der Waals surface area contributed by atoms with Crippen molar-refractivity contribution in [1.29, 1.82) is 0 Å². The molecular formula is C20H22N4O4. The van der Waals surface area contributed by atoms with Crippen molar-refractivity contribution in [3.8, 4) is 0 Å². The first-order valence-electron chi connectivity index (χ1n) is 9.00. The second-order valence-corrected chi connectivity index (χ2v) is 6.90. The van der Waals surface area contributed by atoms with Crippen molar-refractivity contribution in [1.82, 2.24) is 9.97 Å². The molecule has 0 atom stereocenters. The Labute approximate surface area is 162 Å². The standard InChI is InChI=1S/C20H22N4O4/c1-12(2)10-15-17(20(25)28-3)22-18(13-8-9-13)23-19(15)21-11-14-6-4-5-7-16(14)24(26)27/h4-7,13H,1,8-11H2,2-3H3,(H,21,22,23). The summed E-state index contributed by atoms with van der Waals surface area (Å²) < 4.78 is 4.91. The van der Waals surface area contributed by atoms with Crippen molar-refractivity contribution in [2.45, 2.75) is 38.6 Å². The highest BCUT2D eigenvalue weighted by atomic mass is 16.6. The number of nitrogens with one attached hydrogen (secondary N) is 1. The Morgan fingerprint density at radius 2 is 2.07 bits per heavy atom. The lowest BCUT2D eigenvalue weighted by Crippen LogP contribution is -2.16. The van der Waals surface area contributed by atoms with E-state index in [-0.39, 0.29) is 23.8 Å². The van der Waals surface area contributed by atoms with Crippen LogP contribution in [0, 0.1) is 10.1 Å². The van der Waals surface area contributed by atoms with Crippen LogP contribution in [0.15, 0.2) is 36.4 Å². The smallest absolute Gasteiger partial charge is 0.357 e. The lowest BCUT2D eigenvalue weighted by Gasteiger charge is -2.16. The minimum atomic E-state index is -0.533. The van der Waals surface area contributed by atoms with Crippen LogP contribution >= 0.6 is 0 Å². The monoisotopic (exact) mass is 382 g/mol. The van der Waals surface area contributed by atoms with Crippen LogP contribution in [0.4, 0.5) is 11.5 Å². The molecule has 8 heteroatoms. The summed E-state index contributed by atoms with van der Waals surface area (Å²) in [5.74, 6) is 0.776. The molecule has 1 heterocycles. The molecule has 1 N–H and O–H groups in total. The highest BCUT2D eigenvalue weighted by Crippen LogP contribution is 2.39. The number of aromatic nitrogens is 2. The van der Waals surface area contributed by atoms with Gasteiger partial charge in [0.05, 0.1) is 12.0 Å². The lowest BCUT2D eigenvalue weighted by molar-refractivity contribution is -0.385. The fraction of sp³-hybridized carbons (Fsp3) is 0.350. The number of carbonyl (C=O) groups is 1. The maximum atomic E-state index is 12.3. The van der Waals surface area contributed by atoms with Gasteiger partial charge < -0.3 is 10.1 Å². The van der Waals surface area contributed by atoms with Crippen LogP contribution in [0.1, 0.15) is 53.1 Å². The van der Waals surface area contributed by atoms with E-state index in [9.17, 15) is 14.9 Å². The van der Waals surface area contributed by atoms with Crippen LogP contribution in [0.25, 0.3) is 0 Å². The van der Waals surface area contributed by atoms with Gasteiger partial charge in [-0.2, -0.15) is 0 Å². The molecule has 0 radical (unpaired) electrons. The lowest BCUT2D eigenvalue weighted by atomic mass is 10.1. The van der Waals surface area contributed by atoms with Crippen LogP contribution in [0.2, 0.25) is 0 Å². The van der Waals surface area contributed by atoms with Gasteiger partial charge in [-0.3, -0.25) is 10.1 Å². The molecular weight excluding hydrogens is 360 g/mol. The maximum absolute atomic E-state index is 12.3. The highest BCUT2D eigenvalue weighted by molar-refractivity contribution is 5.90. The number of nitrogens with zero attached hydrogens (tertiary/aromatic N) is 3. The summed E-state index contributed by atoms with van der Waals surface area (Å²) in [4.78, 5) is 32.2. The third-order valence-electron chi connectivity index (χ3n) is 4.46. The van der Waals surface area contributed by atoms with Gasteiger partial charge in [0.15, 0.2) is 5.69 Å². The number of anilines is 1. The van der Waals surface area contributed by atoms with Crippen LogP contribution < -0.4 is 5.32 Å². The summed E-state index contributed by atoms with van der Waals surface area (Å²) in [6.45, 7) is 5.96. The summed E-state index contributed by atoms with van der Waals surface area (Å²) >= 11 is 0. The third kappa shape index (κ3) is 4.33. The zero-order valence-electron chi connectivity index (χ0n) is 15.9. The van der Waals surface area contributed by atoms with Crippen LogP contribution in [-0.2, 0) is 17.7 Å². The maximum Gasteiger partial charge on any atom is 0.357 e. The van der Waals surface area contributed by atoms with E-state index in [1.807, 2.05) is 6.92 Å². The van der Waals surface area contributed by atoms with E-state index >= 15 is 0 Å². The number of rotatable bonds is 8. The van der Waals surface area contributed by atoms with Crippen molar-refractivity contribution < 1.29 is 14.5 Å². The van der Waals surface area contributed by atoms with Crippen molar-refractivity contribution in [3.63, 3.8) is 0 Å². The molecule has 0 amide bonds. The predicted octanol–water partition coefficient (Wildman–Crippen LogP) is 3.78. The highest BCUT2D eigenvalue weighted by Gasteiger charge is 2.30. The van der Waals surface area contributed by atoms with E-state index in [0.29, 0.717) is 29.2 Å². The van der Waals surface area contributed by atoms with Gasteiger partial charge in [-0.1, -0.05) is 30.4 Å². The fourth-order valence-electron chi connectivity index (χ4n) is 2.92. The average Bonchev–Trinajstić information content (AvgIpc) is 3.51. The minimum Gasteiger partial charge on any atom is -0.464 e. The van der Waals surface area contributed by atoms with Crippen molar-refractivity contribution in [3.05, 3.63) is 69.2 Å². The van der Waals surface area contributed by atoms with Crippen molar-refractivity contribution in [2.75, 3.05) is 12.4 Å². The van der Waals surface area contributed by atoms with E-state index in [0.717, 1.165) is 18.4 Å². The van der Waals surface area contributed by atoms with E-state index in [1.54, 1.807) is 18.2 Å². The Morgan fingerprint density at radius 3 is 2.68 bits per heavy atom. The molecule has 146 valence electrons. The molecule has 1 aliphatic rings. The van der Waals surface area contributed by atoms with Crippen LogP contribution in [0.3, 0.4) is 0 Å². The number of nitro groups is 1. The fourth-order valence-corrected chi connectivity index (χ4v) is 2.92.